The third kappa shape index (κ3) is 3.18. The van der Waals surface area contributed by atoms with E-state index in [0.29, 0.717) is 13.0 Å². The van der Waals surface area contributed by atoms with Crippen LogP contribution in [0, 0.1) is 0 Å². The Morgan fingerprint density at radius 2 is 2.13 bits per heavy atom. The molecule has 0 amide bonds. The van der Waals surface area contributed by atoms with Crippen LogP contribution in [-0.2, 0) is 9.53 Å². The van der Waals surface area contributed by atoms with E-state index in [1.54, 1.807) is 0 Å². The molecule has 0 heterocycles. The van der Waals surface area contributed by atoms with Gasteiger partial charge in [0.1, 0.15) is 0 Å². The van der Waals surface area contributed by atoms with Crippen molar-refractivity contribution in [2.75, 3.05) is 6.54 Å². The fourth-order valence-corrected chi connectivity index (χ4v) is 2.19. The van der Waals surface area contributed by atoms with E-state index in [4.69, 9.17) is 15.6 Å². The largest absolute Gasteiger partial charge is 0.479 e. The summed E-state index contributed by atoms with van der Waals surface area (Å²) < 4.78 is 5.73. The highest BCUT2D eigenvalue weighted by atomic mass is 16.5. The van der Waals surface area contributed by atoms with Crippen molar-refractivity contribution in [1.82, 2.24) is 0 Å². The van der Waals surface area contributed by atoms with Gasteiger partial charge >= 0.3 is 5.97 Å². The molecule has 0 aromatic rings. The van der Waals surface area contributed by atoms with E-state index >= 15 is 0 Å². The second-order valence-electron chi connectivity index (χ2n) is 4.33. The molecular weight excluding hydrogens is 194 g/mol. The normalized spacial score (nSPS) is 21.5. The third-order valence-electron chi connectivity index (χ3n) is 3.11. The van der Waals surface area contributed by atoms with Crippen molar-refractivity contribution in [3.8, 4) is 0 Å². The first-order valence-corrected chi connectivity index (χ1v) is 5.74. The van der Waals surface area contributed by atoms with E-state index in [1.165, 1.54) is 0 Å². The fraction of sp³-hybridized carbons (Fsp3) is 0.909. The first kappa shape index (κ1) is 12.5. The summed E-state index contributed by atoms with van der Waals surface area (Å²) in [5.41, 5.74) is 5.33. The van der Waals surface area contributed by atoms with Crippen LogP contribution >= 0.6 is 0 Å². The predicted octanol–water partition coefficient (Wildman–Crippen LogP) is 1.53. The molecule has 15 heavy (non-hydrogen) atoms. The molecule has 0 spiro atoms. The van der Waals surface area contributed by atoms with Gasteiger partial charge in [-0.3, -0.25) is 0 Å². The minimum Gasteiger partial charge on any atom is -0.479 e. The van der Waals surface area contributed by atoms with Crippen LogP contribution in [0.1, 0.15) is 45.4 Å². The van der Waals surface area contributed by atoms with Gasteiger partial charge in [0.15, 0.2) is 6.10 Å². The summed E-state index contributed by atoms with van der Waals surface area (Å²) in [6.45, 7) is 2.39. The van der Waals surface area contributed by atoms with Crippen molar-refractivity contribution >= 4 is 5.97 Å². The molecule has 0 aliphatic heterocycles. The van der Waals surface area contributed by atoms with Gasteiger partial charge in [0.05, 0.1) is 5.60 Å². The number of hydrogen-bond acceptors (Lipinski definition) is 3. The second-order valence-corrected chi connectivity index (χ2v) is 4.33. The summed E-state index contributed by atoms with van der Waals surface area (Å²) in [7, 11) is 0. The molecule has 1 atom stereocenters. The molecule has 1 aliphatic rings. The molecule has 0 bridgehead atoms. The van der Waals surface area contributed by atoms with Crippen LogP contribution in [0.25, 0.3) is 0 Å². The Kier molecular flexibility index (Phi) is 4.54. The van der Waals surface area contributed by atoms with Crippen molar-refractivity contribution in [2.24, 2.45) is 5.73 Å². The molecular formula is C11H21NO3. The zero-order valence-electron chi connectivity index (χ0n) is 9.37. The summed E-state index contributed by atoms with van der Waals surface area (Å²) in [5, 5.41) is 9.01. The summed E-state index contributed by atoms with van der Waals surface area (Å²) in [4.78, 5) is 11.0. The number of carboxylic acid groups (broad SMARTS) is 1. The van der Waals surface area contributed by atoms with Crippen LogP contribution in [0.3, 0.4) is 0 Å². The Morgan fingerprint density at radius 3 is 2.53 bits per heavy atom. The molecule has 1 unspecified atom stereocenters. The highest BCUT2D eigenvalue weighted by Crippen LogP contribution is 2.33. The lowest BCUT2D eigenvalue weighted by Crippen LogP contribution is -2.43. The molecule has 0 radical (unpaired) electrons. The van der Waals surface area contributed by atoms with Crippen LogP contribution in [0.5, 0.6) is 0 Å². The molecule has 88 valence electrons. The molecule has 1 aliphatic carbocycles. The van der Waals surface area contributed by atoms with Crippen LogP contribution in [0.2, 0.25) is 0 Å². The molecule has 1 fully saturated rings. The summed E-state index contributed by atoms with van der Waals surface area (Å²) >= 11 is 0. The summed E-state index contributed by atoms with van der Waals surface area (Å²) in [6.07, 6.45) is 4.69. The maximum absolute atomic E-state index is 11.0. The molecule has 0 aromatic heterocycles. The number of ether oxygens (including phenoxy) is 1. The Bertz CT molecular complexity index is 212. The van der Waals surface area contributed by atoms with Crippen molar-refractivity contribution in [2.45, 2.75) is 57.2 Å². The lowest BCUT2D eigenvalue weighted by atomic mass is 10.0. The lowest BCUT2D eigenvalue weighted by molar-refractivity contribution is -0.164. The van der Waals surface area contributed by atoms with E-state index in [-0.39, 0.29) is 5.60 Å². The van der Waals surface area contributed by atoms with Gasteiger partial charge in [0.25, 0.3) is 0 Å². The van der Waals surface area contributed by atoms with Gasteiger partial charge in [-0.1, -0.05) is 26.2 Å². The van der Waals surface area contributed by atoms with Crippen LogP contribution in [0.15, 0.2) is 0 Å². The maximum Gasteiger partial charge on any atom is 0.332 e. The molecule has 4 nitrogen and oxygen atoms in total. The van der Waals surface area contributed by atoms with E-state index < -0.39 is 12.1 Å². The average Bonchev–Trinajstić information content (AvgIpc) is 2.66. The van der Waals surface area contributed by atoms with Gasteiger partial charge in [-0.15, -0.1) is 0 Å². The SMILES string of the molecule is CCCC(OC1(CN)CCCC1)C(=O)O. The zero-order chi connectivity index (χ0) is 11.3. The molecule has 0 saturated heterocycles. The number of nitrogens with two attached hydrogens (primary N) is 1. The van der Waals surface area contributed by atoms with Crippen molar-refractivity contribution in [3.05, 3.63) is 0 Å². The van der Waals surface area contributed by atoms with Gasteiger partial charge in [-0.2, -0.15) is 0 Å². The standard InChI is InChI=1S/C11H21NO3/c1-2-5-9(10(13)14)15-11(8-12)6-3-4-7-11/h9H,2-8,12H2,1H3,(H,13,14). The Morgan fingerprint density at radius 1 is 1.53 bits per heavy atom. The Hall–Kier alpha value is -0.610. The average molecular weight is 215 g/mol. The van der Waals surface area contributed by atoms with E-state index in [9.17, 15) is 4.79 Å². The molecule has 1 rings (SSSR count). The second kappa shape index (κ2) is 5.47. The van der Waals surface area contributed by atoms with E-state index in [0.717, 1.165) is 32.1 Å². The first-order valence-electron chi connectivity index (χ1n) is 5.74. The Balaban J connectivity index is 2.58. The monoisotopic (exact) mass is 215 g/mol. The predicted molar refractivity (Wildman–Crippen MR) is 57.7 cm³/mol. The molecule has 1 saturated carbocycles. The minimum atomic E-state index is -0.864. The van der Waals surface area contributed by atoms with Crippen molar-refractivity contribution in [3.63, 3.8) is 0 Å². The fourth-order valence-electron chi connectivity index (χ4n) is 2.19. The topological polar surface area (TPSA) is 72.5 Å². The highest BCUT2D eigenvalue weighted by Gasteiger charge is 2.37. The van der Waals surface area contributed by atoms with Crippen molar-refractivity contribution in [1.29, 1.82) is 0 Å². The van der Waals surface area contributed by atoms with E-state index in [1.807, 2.05) is 6.92 Å². The van der Waals surface area contributed by atoms with Gasteiger partial charge in [-0.25, -0.2) is 4.79 Å². The molecule has 4 heteroatoms. The minimum absolute atomic E-state index is 0.363. The highest BCUT2D eigenvalue weighted by molar-refractivity contribution is 5.72. The van der Waals surface area contributed by atoms with Gasteiger partial charge in [0, 0.05) is 6.54 Å². The summed E-state index contributed by atoms with van der Waals surface area (Å²) in [6, 6.07) is 0. The van der Waals surface area contributed by atoms with Crippen LogP contribution < -0.4 is 5.73 Å². The van der Waals surface area contributed by atoms with Gasteiger partial charge < -0.3 is 15.6 Å². The smallest absolute Gasteiger partial charge is 0.332 e. The molecule has 3 N–H and O–H groups in total. The van der Waals surface area contributed by atoms with Gasteiger partial charge in [-0.05, 0) is 19.3 Å². The number of carbonyl (C=O) groups is 1. The summed E-state index contributed by atoms with van der Waals surface area (Å²) in [5.74, 6) is -0.864. The first-order chi connectivity index (χ1) is 7.13. The third-order valence-corrected chi connectivity index (χ3v) is 3.11. The number of carboxylic acids is 1. The lowest BCUT2D eigenvalue weighted by Gasteiger charge is -2.31. The van der Waals surface area contributed by atoms with E-state index in [2.05, 4.69) is 0 Å². The molecule has 0 aromatic carbocycles. The maximum atomic E-state index is 11.0. The number of aliphatic carboxylic acids is 1. The quantitative estimate of drug-likeness (QED) is 0.704. The zero-order valence-corrected chi connectivity index (χ0v) is 9.37. The number of hydrogen-bond donors (Lipinski definition) is 2. The van der Waals surface area contributed by atoms with Crippen LogP contribution in [0.4, 0.5) is 0 Å². The van der Waals surface area contributed by atoms with Crippen molar-refractivity contribution < 1.29 is 14.6 Å². The van der Waals surface area contributed by atoms with Crippen LogP contribution in [-0.4, -0.2) is 29.3 Å². The number of rotatable bonds is 6. The Labute approximate surface area is 90.8 Å². The van der Waals surface area contributed by atoms with Gasteiger partial charge in [0.2, 0.25) is 0 Å².